The third-order valence-corrected chi connectivity index (χ3v) is 1.10. The zero-order valence-electron chi connectivity index (χ0n) is 6.31. The molecule has 1 heteroatoms. The van der Waals surface area contributed by atoms with Crippen LogP contribution in [0.3, 0.4) is 0 Å². The van der Waals surface area contributed by atoms with E-state index in [1.165, 1.54) is 0 Å². The first kappa shape index (κ1) is 8.67. The Bertz CT molecular complexity index is 84.6. The minimum atomic E-state index is 0.282. The average Bonchev–Trinajstić information content (AvgIpc) is 1.63. The molecule has 1 nitrogen and oxygen atoms in total. The Labute approximate surface area is 57.5 Å². The van der Waals surface area contributed by atoms with E-state index in [1.807, 2.05) is 13.8 Å². The summed E-state index contributed by atoms with van der Waals surface area (Å²) in [5.74, 6) is 0.629. The van der Waals surface area contributed by atoms with Gasteiger partial charge in [-0.1, -0.05) is 20.8 Å². The summed E-state index contributed by atoms with van der Waals surface area (Å²) in [4.78, 5) is 10.8. The molecule has 0 aromatic rings. The highest BCUT2D eigenvalue weighted by Crippen LogP contribution is 2.02. The lowest BCUT2D eigenvalue weighted by atomic mass is 10.0. The molecule has 0 aromatic heterocycles. The van der Waals surface area contributed by atoms with Gasteiger partial charge in [-0.2, -0.15) is 0 Å². The van der Waals surface area contributed by atoms with Crippen molar-refractivity contribution in [3.8, 4) is 0 Å². The highest BCUT2D eigenvalue weighted by atomic mass is 16.1. The molecular weight excluding hydrogens is 112 g/mol. The Balaban J connectivity index is 3.27. The van der Waals surface area contributed by atoms with Gasteiger partial charge in [-0.05, 0) is 12.3 Å². The fourth-order valence-corrected chi connectivity index (χ4v) is 0.770. The van der Waals surface area contributed by atoms with E-state index in [4.69, 9.17) is 0 Å². The number of carbonyl (C=O) groups is 1. The van der Waals surface area contributed by atoms with Crippen LogP contribution in [0.4, 0.5) is 0 Å². The zero-order valence-corrected chi connectivity index (χ0v) is 6.31. The minimum absolute atomic E-state index is 0.282. The average molecular weight is 127 g/mol. The number of Topliss-reactive ketones (excluding diaryl/α,β-unsaturated/α-hetero) is 1. The largest absolute Gasteiger partial charge is 0.300 e. The van der Waals surface area contributed by atoms with Crippen LogP contribution in [0.15, 0.2) is 0 Å². The molecule has 0 aliphatic carbocycles. The van der Waals surface area contributed by atoms with Gasteiger partial charge in [0.05, 0.1) is 0 Å². The fourth-order valence-electron chi connectivity index (χ4n) is 0.770. The second-order valence-corrected chi connectivity index (χ2v) is 2.60. The SMILES string of the molecule is [CH2]C(C)CC(=O)CCC. The van der Waals surface area contributed by atoms with Crippen molar-refractivity contribution >= 4 is 5.78 Å². The van der Waals surface area contributed by atoms with Gasteiger partial charge < -0.3 is 0 Å². The van der Waals surface area contributed by atoms with E-state index in [1.54, 1.807) is 0 Å². The number of rotatable bonds is 4. The summed E-state index contributed by atoms with van der Waals surface area (Å²) < 4.78 is 0. The molecule has 1 atom stereocenters. The summed E-state index contributed by atoms with van der Waals surface area (Å²) in [5, 5.41) is 0. The molecule has 0 aromatic carbocycles. The predicted molar refractivity (Wildman–Crippen MR) is 39.1 cm³/mol. The maximum atomic E-state index is 10.8. The minimum Gasteiger partial charge on any atom is -0.300 e. The highest BCUT2D eigenvalue weighted by Gasteiger charge is 2.01. The molecule has 1 unspecified atom stereocenters. The van der Waals surface area contributed by atoms with Crippen molar-refractivity contribution in [1.29, 1.82) is 0 Å². The lowest BCUT2D eigenvalue weighted by Gasteiger charge is -2.00. The fraction of sp³-hybridized carbons (Fsp3) is 0.750. The van der Waals surface area contributed by atoms with Crippen molar-refractivity contribution < 1.29 is 4.79 Å². The summed E-state index contributed by atoms with van der Waals surface area (Å²) >= 11 is 0. The van der Waals surface area contributed by atoms with Crippen molar-refractivity contribution in [2.75, 3.05) is 0 Å². The molecule has 1 radical (unpaired) electrons. The second kappa shape index (κ2) is 4.54. The van der Waals surface area contributed by atoms with Crippen molar-refractivity contribution in [3.05, 3.63) is 6.92 Å². The van der Waals surface area contributed by atoms with Gasteiger partial charge in [0.1, 0.15) is 5.78 Å². The van der Waals surface area contributed by atoms with Crippen molar-refractivity contribution in [1.82, 2.24) is 0 Å². The summed E-state index contributed by atoms with van der Waals surface area (Å²) in [6.45, 7) is 7.73. The van der Waals surface area contributed by atoms with E-state index in [0.717, 1.165) is 12.8 Å². The molecule has 0 amide bonds. The first-order chi connectivity index (χ1) is 4.16. The molecule has 53 valence electrons. The predicted octanol–water partition coefficient (Wildman–Crippen LogP) is 2.22. The molecule has 0 N–H and O–H groups in total. The Morgan fingerprint density at radius 3 is 2.56 bits per heavy atom. The Morgan fingerprint density at radius 1 is 1.67 bits per heavy atom. The molecule has 0 saturated carbocycles. The van der Waals surface area contributed by atoms with Crippen molar-refractivity contribution in [2.45, 2.75) is 33.1 Å². The van der Waals surface area contributed by atoms with E-state index in [0.29, 0.717) is 12.2 Å². The molecule has 0 bridgehead atoms. The van der Waals surface area contributed by atoms with Crippen molar-refractivity contribution in [2.24, 2.45) is 5.92 Å². The van der Waals surface area contributed by atoms with Crippen LogP contribution < -0.4 is 0 Å². The van der Waals surface area contributed by atoms with Crippen LogP contribution in [0.25, 0.3) is 0 Å². The van der Waals surface area contributed by atoms with E-state index in [9.17, 15) is 4.79 Å². The van der Waals surface area contributed by atoms with Gasteiger partial charge in [0.15, 0.2) is 0 Å². The molecule has 0 rings (SSSR count). The van der Waals surface area contributed by atoms with Crippen LogP contribution >= 0.6 is 0 Å². The highest BCUT2D eigenvalue weighted by molar-refractivity contribution is 5.78. The zero-order chi connectivity index (χ0) is 7.28. The van der Waals surface area contributed by atoms with Crippen LogP contribution in [-0.4, -0.2) is 5.78 Å². The number of ketones is 1. The third-order valence-electron chi connectivity index (χ3n) is 1.10. The third kappa shape index (κ3) is 5.54. The Hall–Kier alpha value is -0.330. The maximum Gasteiger partial charge on any atom is 0.133 e. The number of carbonyl (C=O) groups excluding carboxylic acids is 1. The molecule has 9 heavy (non-hydrogen) atoms. The van der Waals surface area contributed by atoms with Crippen LogP contribution in [0.5, 0.6) is 0 Å². The van der Waals surface area contributed by atoms with Gasteiger partial charge >= 0.3 is 0 Å². The molecular formula is C8H15O. The first-order valence-electron chi connectivity index (χ1n) is 3.51. The van der Waals surface area contributed by atoms with E-state index >= 15 is 0 Å². The first-order valence-corrected chi connectivity index (χ1v) is 3.51. The van der Waals surface area contributed by atoms with E-state index in [2.05, 4.69) is 6.92 Å². The Morgan fingerprint density at radius 2 is 2.22 bits per heavy atom. The summed E-state index contributed by atoms with van der Waals surface area (Å²) in [6, 6.07) is 0. The monoisotopic (exact) mass is 127 g/mol. The molecule has 0 heterocycles. The van der Waals surface area contributed by atoms with Crippen LogP contribution in [0.2, 0.25) is 0 Å². The molecule has 0 aliphatic rings. The van der Waals surface area contributed by atoms with Gasteiger partial charge in [0.2, 0.25) is 0 Å². The van der Waals surface area contributed by atoms with E-state index in [-0.39, 0.29) is 5.92 Å². The lowest BCUT2D eigenvalue weighted by molar-refractivity contribution is -0.119. The summed E-state index contributed by atoms with van der Waals surface area (Å²) in [7, 11) is 0. The quantitative estimate of drug-likeness (QED) is 0.566. The Kier molecular flexibility index (Phi) is 4.37. The number of hydrogen-bond acceptors (Lipinski definition) is 1. The van der Waals surface area contributed by atoms with Gasteiger partial charge in [-0.15, -0.1) is 0 Å². The maximum absolute atomic E-state index is 10.8. The number of hydrogen-bond donors (Lipinski definition) is 0. The topological polar surface area (TPSA) is 17.1 Å². The van der Waals surface area contributed by atoms with Gasteiger partial charge in [0, 0.05) is 12.8 Å². The normalized spacial score (nSPS) is 10.2. The smallest absolute Gasteiger partial charge is 0.133 e. The van der Waals surface area contributed by atoms with E-state index < -0.39 is 0 Å². The van der Waals surface area contributed by atoms with Gasteiger partial charge in [-0.25, -0.2) is 0 Å². The van der Waals surface area contributed by atoms with Crippen LogP contribution in [0, 0.1) is 12.8 Å². The van der Waals surface area contributed by atoms with Gasteiger partial charge in [0.25, 0.3) is 0 Å². The second-order valence-electron chi connectivity index (χ2n) is 2.60. The lowest BCUT2D eigenvalue weighted by Crippen LogP contribution is -2.01. The summed E-state index contributed by atoms with van der Waals surface area (Å²) in [6.07, 6.45) is 2.33. The molecule has 0 fully saturated rings. The van der Waals surface area contributed by atoms with Crippen LogP contribution in [0.1, 0.15) is 33.1 Å². The van der Waals surface area contributed by atoms with Crippen molar-refractivity contribution in [3.63, 3.8) is 0 Å². The van der Waals surface area contributed by atoms with Crippen LogP contribution in [-0.2, 0) is 4.79 Å². The summed E-state index contributed by atoms with van der Waals surface area (Å²) in [5.41, 5.74) is 0. The molecule has 0 spiro atoms. The van der Waals surface area contributed by atoms with Gasteiger partial charge in [-0.3, -0.25) is 4.79 Å². The molecule has 0 aliphatic heterocycles. The standard InChI is InChI=1S/C8H15O/c1-4-5-8(9)6-7(2)3/h7H,2,4-6H2,1,3H3. The molecule has 0 saturated heterocycles.